The number of nitrogens with one attached hydrogen (secondary N) is 1. The third-order valence-electron chi connectivity index (χ3n) is 2.75. The Hall–Kier alpha value is -1.39. The largest absolute Gasteiger partial charge is 0.479 e. The molecule has 0 saturated carbocycles. The van der Waals surface area contributed by atoms with Crippen LogP contribution in [0, 0.1) is 0 Å². The molecule has 0 aliphatic heterocycles. The van der Waals surface area contributed by atoms with Crippen LogP contribution in [0.2, 0.25) is 10.0 Å². The lowest BCUT2D eigenvalue weighted by atomic mass is 10.1. The highest BCUT2D eigenvalue weighted by molar-refractivity contribution is 7.89. The lowest BCUT2D eigenvalue weighted by Gasteiger charge is -2.19. The molecular formula is C12H13Cl2NO7S. The van der Waals surface area contributed by atoms with Crippen molar-refractivity contribution < 1.29 is 33.0 Å². The highest BCUT2D eigenvalue weighted by Crippen LogP contribution is 2.30. The van der Waals surface area contributed by atoms with E-state index in [9.17, 15) is 23.1 Å². The van der Waals surface area contributed by atoms with Gasteiger partial charge in [-0.05, 0) is 19.1 Å². The summed E-state index contributed by atoms with van der Waals surface area (Å²) in [5.41, 5.74) is -2.77. The average Bonchev–Trinajstić information content (AvgIpc) is 2.43. The first-order valence-electron chi connectivity index (χ1n) is 5.95. The van der Waals surface area contributed by atoms with Gasteiger partial charge in [0.2, 0.25) is 10.0 Å². The Morgan fingerprint density at radius 1 is 1.35 bits per heavy atom. The SMILES string of the molecule is COC(=O)c1cc(Cl)cc(Cl)c1S(=O)(=O)NCC(C)(O)C(=O)O. The molecule has 0 aliphatic rings. The quantitative estimate of drug-likeness (QED) is 0.619. The summed E-state index contributed by atoms with van der Waals surface area (Å²) in [4.78, 5) is 21.9. The first-order chi connectivity index (χ1) is 10.4. The maximum atomic E-state index is 12.3. The van der Waals surface area contributed by atoms with Crippen molar-refractivity contribution in [2.24, 2.45) is 0 Å². The van der Waals surface area contributed by atoms with Crippen LogP contribution in [0.1, 0.15) is 17.3 Å². The smallest absolute Gasteiger partial charge is 0.339 e. The summed E-state index contributed by atoms with van der Waals surface area (Å²) in [6.07, 6.45) is 0. The van der Waals surface area contributed by atoms with E-state index < -0.39 is 44.6 Å². The number of rotatable bonds is 6. The predicted octanol–water partition coefficient (Wildman–Crippen LogP) is 0.894. The molecule has 0 spiro atoms. The van der Waals surface area contributed by atoms with E-state index in [0.29, 0.717) is 0 Å². The van der Waals surface area contributed by atoms with Crippen LogP contribution in [0.15, 0.2) is 17.0 Å². The molecule has 0 amide bonds. The molecule has 0 aliphatic carbocycles. The van der Waals surface area contributed by atoms with Crippen molar-refractivity contribution in [1.29, 1.82) is 0 Å². The van der Waals surface area contributed by atoms with E-state index in [1.165, 1.54) is 0 Å². The van der Waals surface area contributed by atoms with Crippen LogP contribution in [-0.2, 0) is 19.6 Å². The zero-order chi connectivity index (χ0) is 18.0. The van der Waals surface area contributed by atoms with Crippen LogP contribution in [-0.4, -0.2) is 49.8 Å². The number of carbonyl (C=O) groups excluding carboxylic acids is 1. The molecule has 23 heavy (non-hydrogen) atoms. The van der Waals surface area contributed by atoms with Gasteiger partial charge in [0.05, 0.1) is 24.2 Å². The third kappa shape index (κ3) is 4.55. The van der Waals surface area contributed by atoms with Crippen LogP contribution in [0.3, 0.4) is 0 Å². The number of esters is 1. The van der Waals surface area contributed by atoms with Gasteiger partial charge in [-0.3, -0.25) is 0 Å². The second kappa shape index (κ2) is 7.02. The van der Waals surface area contributed by atoms with Crippen molar-refractivity contribution in [2.75, 3.05) is 13.7 Å². The zero-order valence-electron chi connectivity index (χ0n) is 12.0. The Labute approximate surface area is 142 Å². The second-order valence-electron chi connectivity index (χ2n) is 4.66. The predicted molar refractivity (Wildman–Crippen MR) is 81.2 cm³/mol. The van der Waals surface area contributed by atoms with Gasteiger partial charge in [-0.25, -0.2) is 22.7 Å². The molecule has 0 aromatic heterocycles. The van der Waals surface area contributed by atoms with E-state index in [0.717, 1.165) is 26.2 Å². The van der Waals surface area contributed by atoms with Gasteiger partial charge in [-0.2, -0.15) is 0 Å². The molecule has 8 nitrogen and oxygen atoms in total. The monoisotopic (exact) mass is 385 g/mol. The van der Waals surface area contributed by atoms with Gasteiger partial charge in [-0.15, -0.1) is 0 Å². The first-order valence-corrected chi connectivity index (χ1v) is 8.19. The van der Waals surface area contributed by atoms with Gasteiger partial charge in [0.1, 0.15) is 4.90 Å². The minimum atomic E-state index is -4.42. The van der Waals surface area contributed by atoms with Crippen LogP contribution in [0.5, 0.6) is 0 Å². The molecule has 1 unspecified atom stereocenters. The van der Waals surface area contributed by atoms with Crippen molar-refractivity contribution in [3.05, 3.63) is 27.7 Å². The fourth-order valence-electron chi connectivity index (χ4n) is 1.48. The van der Waals surface area contributed by atoms with Crippen LogP contribution < -0.4 is 4.72 Å². The van der Waals surface area contributed by atoms with Crippen molar-refractivity contribution in [1.82, 2.24) is 4.72 Å². The van der Waals surface area contributed by atoms with Gasteiger partial charge in [-0.1, -0.05) is 23.2 Å². The highest BCUT2D eigenvalue weighted by atomic mass is 35.5. The molecular weight excluding hydrogens is 373 g/mol. The van der Waals surface area contributed by atoms with Gasteiger partial charge in [0, 0.05) is 5.02 Å². The molecule has 0 fully saturated rings. The fourth-order valence-corrected chi connectivity index (χ4v) is 3.64. The maximum absolute atomic E-state index is 12.3. The topological polar surface area (TPSA) is 130 Å². The van der Waals surface area contributed by atoms with Crippen molar-refractivity contribution in [3.63, 3.8) is 0 Å². The summed E-state index contributed by atoms with van der Waals surface area (Å²) in [5, 5.41) is 18.0. The zero-order valence-corrected chi connectivity index (χ0v) is 14.3. The molecule has 11 heteroatoms. The third-order valence-corrected chi connectivity index (χ3v) is 4.88. The number of hydrogen-bond donors (Lipinski definition) is 3. The highest BCUT2D eigenvalue weighted by Gasteiger charge is 2.34. The molecule has 0 heterocycles. The van der Waals surface area contributed by atoms with E-state index in [4.69, 9.17) is 28.3 Å². The van der Waals surface area contributed by atoms with E-state index in [1.807, 2.05) is 4.72 Å². The van der Waals surface area contributed by atoms with Crippen LogP contribution >= 0.6 is 23.2 Å². The number of ether oxygens (including phenoxy) is 1. The summed E-state index contributed by atoms with van der Waals surface area (Å²) in [6, 6.07) is 2.14. The number of carbonyl (C=O) groups is 2. The molecule has 1 aromatic carbocycles. The Bertz CT molecular complexity index is 746. The molecule has 3 N–H and O–H groups in total. The van der Waals surface area contributed by atoms with Gasteiger partial charge in [0.15, 0.2) is 5.60 Å². The van der Waals surface area contributed by atoms with Crippen molar-refractivity contribution >= 4 is 45.2 Å². The summed E-state index contributed by atoms with van der Waals surface area (Å²) < 4.78 is 31.0. The summed E-state index contributed by atoms with van der Waals surface area (Å²) in [7, 11) is -3.39. The van der Waals surface area contributed by atoms with Gasteiger partial charge < -0.3 is 14.9 Å². The Kier molecular flexibility index (Phi) is 6.00. The summed E-state index contributed by atoms with van der Waals surface area (Å²) in [5.74, 6) is -2.63. The van der Waals surface area contributed by atoms with Crippen LogP contribution in [0.4, 0.5) is 0 Å². The number of aliphatic carboxylic acids is 1. The number of hydrogen-bond acceptors (Lipinski definition) is 6. The summed E-state index contributed by atoms with van der Waals surface area (Å²) in [6.45, 7) is 0.0623. The number of halogens is 2. The Morgan fingerprint density at radius 3 is 2.39 bits per heavy atom. The van der Waals surface area contributed by atoms with Crippen molar-refractivity contribution in [2.45, 2.75) is 17.4 Å². The molecule has 128 valence electrons. The molecule has 0 radical (unpaired) electrons. The van der Waals surface area contributed by atoms with E-state index in [2.05, 4.69) is 4.74 Å². The number of methoxy groups -OCH3 is 1. The number of carboxylic acid groups (broad SMARTS) is 1. The van der Waals surface area contributed by atoms with E-state index in [-0.39, 0.29) is 10.0 Å². The van der Waals surface area contributed by atoms with Crippen molar-refractivity contribution in [3.8, 4) is 0 Å². The van der Waals surface area contributed by atoms with E-state index in [1.54, 1.807) is 0 Å². The minimum absolute atomic E-state index is 0.00637. The standard InChI is InChI=1S/C12H13Cl2NO7S/c1-12(19,11(17)18)5-15-23(20,21)9-7(10(16)22-2)3-6(13)4-8(9)14/h3-4,15,19H,5H2,1-2H3,(H,17,18). The Morgan fingerprint density at radius 2 is 1.91 bits per heavy atom. The molecule has 1 atom stereocenters. The lowest BCUT2D eigenvalue weighted by molar-refractivity contribution is -0.155. The minimum Gasteiger partial charge on any atom is -0.479 e. The normalized spacial score (nSPS) is 14.1. The van der Waals surface area contributed by atoms with E-state index >= 15 is 0 Å². The van der Waals surface area contributed by atoms with Gasteiger partial charge >= 0.3 is 11.9 Å². The lowest BCUT2D eigenvalue weighted by Crippen LogP contribution is -2.46. The first kappa shape index (κ1) is 19.7. The van der Waals surface area contributed by atoms with Gasteiger partial charge in [0.25, 0.3) is 0 Å². The molecule has 1 rings (SSSR count). The molecule has 1 aromatic rings. The average molecular weight is 386 g/mol. The summed E-state index contributed by atoms with van der Waals surface area (Å²) >= 11 is 11.6. The molecule has 0 bridgehead atoms. The second-order valence-corrected chi connectivity index (χ2v) is 7.21. The number of aliphatic hydroxyl groups is 1. The number of sulfonamides is 1. The Balaban J connectivity index is 3.33. The fraction of sp³-hybridized carbons (Fsp3) is 0.333. The molecule has 0 saturated heterocycles. The van der Waals surface area contributed by atoms with Crippen LogP contribution in [0.25, 0.3) is 0 Å². The number of benzene rings is 1. The maximum Gasteiger partial charge on any atom is 0.339 e. The number of carboxylic acids is 1.